The number of allylic oxidation sites excluding steroid dienone is 2. The summed E-state index contributed by atoms with van der Waals surface area (Å²) in [5, 5.41) is 0. The molecular formula is C19H24. The molecule has 2 bridgehead atoms. The lowest BCUT2D eigenvalue weighted by molar-refractivity contribution is 0.168. The molecule has 100 valence electrons. The molecule has 0 amide bonds. The zero-order valence-corrected chi connectivity index (χ0v) is 12.0. The van der Waals surface area contributed by atoms with E-state index >= 15 is 0 Å². The van der Waals surface area contributed by atoms with Crippen molar-refractivity contribution >= 4 is 0 Å². The fourth-order valence-corrected chi connectivity index (χ4v) is 4.88. The molecule has 3 aliphatic carbocycles. The van der Waals surface area contributed by atoms with E-state index in [1.165, 1.54) is 51.4 Å². The monoisotopic (exact) mass is 252 g/mol. The minimum atomic E-state index is 0.655. The van der Waals surface area contributed by atoms with E-state index in [2.05, 4.69) is 31.2 Å². The summed E-state index contributed by atoms with van der Waals surface area (Å²) in [5.41, 5.74) is 7.31. The first-order valence-electron chi connectivity index (χ1n) is 8.08. The molecule has 1 aromatic rings. The third kappa shape index (κ3) is 1.80. The summed E-state index contributed by atoms with van der Waals surface area (Å²) in [6.07, 6.45) is 13.4. The fourth-order valence-electron chi connectivity index (χ4n) is 4.88. The van der Waals surface area contributed by atoms with Gasteiger partial charge in [0.25, 0.3) is 0 Å². The van der Waals surface area contributed by atoms with Crippen molar-refractivity contribution in [2.45, 2.75) is 58.3 Å². The van der Waals surface area contributed by atoms with Gasteiger partial charge in [0, 0.05) is 0 Å². The van der Waals surface area contributed by atoms with Crippen molar-refractivity contribution in [3.63, 3.8) is 0 Å². The Bertz CT molecular complexity index is 537. The Kier molecular flexibility index (Phi) is 2.62. The van der Waals surface area contributed by atoms with Crippen LogP contribution in [0, 0.1) is 11.3 Å². The van der Waals surface area contributed by atoms with E-state index in [0.717, 1.165) is 5.92 Å². The Morgan fingerprint density at radius 1 is 1.21 bits per heavy atom. The maximum Gasteiger partial charge on any atom is -0.0182 e. The summed E-state index contributed by atoms with van der Waals surface area (Å²) in [7, 11) is 0. The van der Waals surface area contributed by atoms with Gasteiger partial charge in [0.1, 0.15) is 0 Å². The molecule has 0 radical (unpaired) electrons. The molecule has 1 saturated carbocycles. The van der Waals surface area contributed by atoms with Crippen LogP contribution in [0.4, 0.5) is 0 Å². The largest absolute Gasteiger partial charge is 0.0850 e. The summed E-state index contributed by atoms with van der Waals surface area (Å²) in [5.74, 6) is 0.977. The van der Waals surface area contributed by atoms with E-state index in [1.807, 2.05) is 0 Å². The molecule has 1 spiro atoms. The topological polar surface area (TPSA) is 0 Å². The molecule has 2 unspecified atom stereocenters. The van der Waals surface area contributed by atoms with E-state index in [4.69, 9.17) is 0 Å². The molecule has 0 N–H and O–H groups in total. The second-order valence-electron chi connectivity index (χ2n) is 7.07. The SMILES string of the molecule is CCCc1ccc2c(c1)CC1(CC2)CC2=CCC1C2. The van der Waals surface area contributed by atoms with Crippen molar-refractivity contribution in [1.82, 2.24) is 0 Å². The molecular weight excluding hydrogens is 228 g/mol. The van der Waals surface area contributed by atoms with Crippen LogP contribution in [0.1, 0.15) is 55.7 Å². The average molecular weight is 252 g/mol. The van der Waals surface area contributed by atoms with Gasteiger partial charge in [-0.3, -0.25) is 0 Å². The van der Waals surface area contributed by atoms with Gasteiger partial charge >= 0.3 is 0 Å². The van der Waals surface area contributed by atoms with Gasteiger partial charge in [-0.2, -0.15) is 0 Å². The molecule has 3 aliphatic rings. The predicted molar refractivity (Wildman–Crippen MR) is 80.3 cm³/mol. The first-order chi connectivity index (χ1) is 9.29. The van der Waals surface area contributed by atoms with Crippen LogP contribution in [0.2, 0.25) is 0 Å². The fraction of sp³-hybridized carbons (Fsp3) is 0.579. The van der Waals surface area contributed by atoms with Crippen molar-refractivity contribution in [2.24, 2.45) is 11.3 Å². The van der Waals surface area contributed by atoms with Gasteiger partial charge in [-0.05, 0) is 73.0 Å². The van der Waals surface area contributed by atoms with Gasteiger partial charge in [-0.15, -0.1) is 0 Å². The summed E-state index contributed by atoms with van der Waals surface area (Å²) in [6.45, 7) is 2.28. The zero-order chi connectivity index (χ0) is 12.9. The van der Waals surface area contributed by atoms with Crippen molar-refractivity contribution in [1.29, 1.82) is 0 Å². The second kappa shape index (κ2) is 4.23. The van der Waals surface area contributed by atoms with Crippen LogP contribution in [0.25, 0.3) is 0 Å². The lowest BCUT2D eigenvalue weighted by atomic mass is 9.64. The lowest BCUT2D eigenvalue weighted by Crippen LogP contribution is -2.33. The first kappa shape index (κ1) is 11.8. The summed E-state index contributed by atoms with van der Waals surface area (Å²) >= 11 is 0. The number of hydrogen-bond acceptors (Lipinski definition) is 0. The molecule has 0 nitrogen and oxygen atoms in total. The number of benzene rings is 1. The highest BCUT2D eigenvalue weighted by atomic mass is 14.5. The summed E-state index contributed by atoms with van der Waals surface area (Å²) in [4.78, 5) is 0. The maximum atomic E-state index is 2.53. The highest BCUT2D eigenvalue weighted by Crippen LogP contribution is 2.58. The predicted octanol–water partition coefficient (Wildman–Crippen LogP) is 4.85. The molecule has 0 heteroatoms. The third-order valence-electron chi connectivity index (χ3n) is 5.89. The Morgan fingerprint density at radius 2 is 2.16 bits per heavy atom. The Labute approximate surface area is 116 Å². The highest BCUT2D eigenvalue weighted by Gasteiger charge is 2.48. The van der Waals surface area contributed by atoms with Crippen molar-refractivity contribution in [2.75, 3.05) is 0 Å². The number of rotatable bonds is 2. The number of hydrogen-bond donors (Lipinski definition) is 0. The van der Waals surface area contributed by atoms with Crippen LogP contribution in [0.15, 0.2) is 29.8 Å². The third-order valence-corrected chi connectivity index (χ3v) is 5.89. The van der Waals surface area contributed by atoms with Crippen molar-refractivity contribution in [3.8, 4) is 0 Å². The quantitative estimate of drug-likeness (QED) is 0.660. The standard InChI is InChI=1S/C19H24/c1-2-3-14-4-6-16-8-9-19(13-17(16)10-14)12-15-5-7-18(19)11-15/h4-6,10,18H,2-3,7-9,11-13H2,1H3. The van der Waals surface area contributed by atoms with Gasteiger partial charge in [0.2, 0.25) is 0 Å². The molecule has 4 rings (SSSR count). The molecule has 2 atom stereocenters. The highest BCUT2D eigenvalue weighted by molar-refractivity contribution is 5.38. The van der Waals surface area contributed by atoms with Crippen LogP contribution in [0.3, 0.4) is 0 Å². The van der Waals surface area contributed by atoms with Crippen LogP contribution in [0.5, 0.6) is 0 Å². The zero-order valence-electron chi connectivity index (χ0n) is 12.0. The average Bonchev–Trinajstić information content (AvgIpc) is 2.99. The molecule has 0 saturated heterocycles. The van der Waals surface area contributed by atoms with Crippen LogP contribution >= 0.6 is 0 Å². The van der Waals surface area contributed by atoms with Crippen LogP contribution in [-0.4, -0.2) is 0 Å². The molecule has 1 fully saturated rings. The minimum Gasteiger partial charge on any atom is -0.0850 e. The van der Waals surface area contributed by atoms with Gasteiger partial charge < -0.3 is 0 Å². The normalized spacial score (nSPS) is 31.6. The maximum absolute atomic E-state index is 2.53. The van der Waals surface area contributed by atoms with E-state index in [-0.39, 0.29) is 0 Å². The van der Waals surface area contributed by atoms with E-state index in [9.17, 15) is 0 Å². The smallest absolute Gasteiger partial charge is 0.0182 e. The molecule has 1 aromatic carbocycles. The van der Waals surface area contributed by atoms with Gasteiger partial charge in [0.15, 0.2) is 0 Å². The molecule has 0 aliphatic heterocycles. The summed E-state index contributed by atoms with van der Waals surface area (Å²) in [6, 6.07) is 7.31. The van der Waals surface area contributed by atoms with Gasteiger partial charge in [0.05, 0.1) is 0 Å². The van der Waals surface area contributed by atoms with Crippen LogP contribution in [-0.2, 0) is 19.3 Å². The summed E-state index contributed by atoms with van der Waals surface area (Å²) < 4.78 is 0. The van der Waals surface area contributed by atoms with Gasteiger partial charge in [-0.25, -0.2) is 0 Å². The molecule has 19 heavy (non-hydrogen) atoms. The van der Waals surface area contributed by atoms with Gasteiger partial charge in [-0.1, -0.05) is 43.2 Å². The van der Waals surface area contributed by atoms with E-state index in [1.54, 1.807) is 22.3 Å². The Balaban J connectivity index is 1.66. The van der Waals surface area contributed by atoms with Crippen molar-refractivity contribution < 1.29 is 0 Å². The molecule has 0 aromatic heterocycles. The van der Waals surface area contributed by atoms with Crippen molar-refractivity contribution in [3.05, 3.63) is 46.5 Å². The lowest BCUT2D eigenvalue weighted by Gasteiger charge is -2.40. The van der Waals surface area contributed by atoms with E-state index in [0.29, 0.717) is 5.41 Å². The van der Waals surface area contributed by atoms with Crippen LogP contribution < -0.4 is 0 Å². The van der Waals surface area contributed by atoms with E-state index < -0.39 is 0 Å². The Morgan fingerprint density at radius 3 is 2.89 bits per heavy atom. The number of fused-ring (bicyclic) bond motifs is 4. The minimum absolute atomic E-state index is 0.655. The second-order valence-corrected chi connectivity index (χ2v) is 7.07. The first-order valence-corrected chi connectivity index (χ1v) is 8.08. The number of aryl methyl sites for hydroxylation is 2. The molecule has 0 heterocycles. The Hall–Kier alpha value is -1.04.